The summed E-state index contributed by atoms with van der Waals surface area (Å²) >= 11 is 0. The molecular formula is C13H16N4O2. The Kier molecular flexibility index (Phi) is 4.63. The van der Waals surface area contributed by atoms with Crippen LogP contribution in [0.3, 0.4) is 0 Å². The van der Waals surface area contributed by atoms with Gasteiger partial charge < -0.3 is 15.0 Å². The van der Waals surface area contributed by atoms with Crippen LogP contribution in [0.25, 0.3) is 0 Å². The summed E-state index contributed by atoms with van der Waals surface area (Å²) in [6.07, 6.45) is 7.98. The average Bonchev–Trinajstić information content (AvgIpc) is 2.92. The maximum atomic E-state index is 10.8. The van der Waals surface area contributed by atoms with E-state index in [4.69, 9.17) is 5.11 Å². The number of hydrogen-bond donors (Lipinski definition) is 2. The Morgan fingerprint density at radius 3 is 3.05 bits per heavy atom. The van der Waals surface area contributed by atoms with Crippen molar-refractivity contribution < 1.29 is 9.90 Å². The van der Waals surface area contributed by atoms with Crippen LogP contribution in [0.5, 0.6) is 0 Å². The molecule has 0 spiro atoms. The summed E-state index contributed by atoms with van der Waals surface area (Å²) in [4.78, 5) is 18.9. The number of carboxylic acids is 1. The lowest BCUT2D eigenvalue weighted by Crippen LogP contribution is -2.17. The third-order valence-electron chi connectivity index (χ3n) is 2.70. The number of pyridine rings is 1. The number of aryl methyl sites for hydroxylation is 1. The quantitative estimate of drug-likeness (QED) is 0.730. The largest absolute Gasteiger partial charge is 0.478 e. The van der Waals surface area contributed by atoms with Crippen molar-refractivity contribution in [2.45, 2.75) is 19.5 Å². The van der Waals surface area contributed by atoms with Crippen LogP contribution in [0, 0.1) is 0 Å². The molecule has 2 N–H and O–H groups in total. The molecule has 6 heteroatoms. The SMILES string of the molecule is O=C(O)c1ccnc(CNCCCn2ccnc2)c1. The van der Waals surface area contributed by atoms with Gasteiger partial charge in [0.05, 0.1) is 17.6 Å². The molecule has 6 nitrogen and oxygen atoms in total. The minimum Gasteiger partial charge on any atom is -0.478 e. The lowest BCUT2D eigenvalue weighted by molar-refractivity contribution is 0.0696. The summed E-state index contributed by atoms with van der Waals surface area (Å²) < 4.78 is 2.02. The van der Waals surface area contributed by atoms with Gasteiger partial charge in [-0.15, -0.1) is 0 Å². The molecule has 2 aromatic rings. The van der Waals surface area contributed by atoms with E-state index in [9.17, 15) is 4.79 Å². The molecule has 0 aromatic carbocycles. The maximum absolute atomic E-state index is 10.8. The molecule has 0 atom stereocenters. The highest BCUT2D eigenvalue weighted by Gasteiger charge is 2.03. The van der Waals surface area contributed by atoms with E-state index in [0.29, 0.717) is 6.54 Å². The second-order valence-electron chi connectivity index (χ2n) is 4.17. The Labute approximate surface area is 111 Å². The molecular weight excluding hydrogens is 244 g/mol. The van der Waals surface area contributed by atoms with Gasteiger partial charge in [0.15, 0.2) is 0 Å². The number of carbonyl (C=O) groups is 1. The highest BCUT2D eigenvalue weighted by atomic mass is 16.4. The summed E-state index contributed by atoms with van der Waals surface area (Å²) in [6, 6.07) is 3.08. The second-order valence-corrected chi connectivity index (χ2v) is 4.17. The number of hydrogen-bond acceptors (Lipinski definition) is 4. The fourth-order valence-electron chi connectivity index (χ4n) is 1.73. The number of carboxylic acid groups (broad SMARTS) is 1. The summed E-state index contributed by atoms with van der Waals surface area (Å²) in [5.74, 6) is -0.927. The van der Waals surface area contributed by atoms with Gasteiger partial charge in [-0.3, -0.25) is 4.98 Å². The highest BCUT2D eigenvalue weighted by molar-refractivity contribution is 5.87. The Bertz CT molecular complexity index is 525. The predicted molar refractivity (Wildman–Crippen MR) is 69.7 cm³/mol. The first-order valence-electron chi connectivity index (χ1n) is 6.10. The van der Waals surface area contributed by atoms with Gasteiger partial charge in [0.2, 0.25) is 0 Å². The molecule has 0 saturated carbocycles. The summed E-state index contributed by atoms with van der Waals surface area (Å²) in [7, 11) is 0. The first-order valence-corrected chi connectivity index (χ1v) is 6.10. The van der Waals surface area contributed by atoms with Gasteiger partial charge in [0.25, 0.3) is 0 Å². The van der Waals surface area contributed by atoms with Crippen molar-refractivity contribution in [3.8, 4) is 0 Å². The topological polar surface area (TPSA) is 80.0 Å². The molecule has 0 amide bonds. The predicted octanol–water partition coefficient (Wildman–Crippen LogP) is 1.16. The van der Waals surface area contributed by atoms with Crippen LogP contribution in [0.2, 0.25) is 0 Å². The normalized spacial score (nSPS) is 10.5. The maximum Gasteiger partial charge on any atom is 0.335 e. The van der Waals surface area contributed by atoms with Crippen molar-refractivity contribution in [3.63, 3.8) is 0 Å². The zero-order chi connectivity index (χ0) is 13.5. The lowest BCUT2D eigenvalue weighted by Gasteiger charge is -2.05. The minimum atomic E-state index is -0.927. The van der Waals surface area contributed by atoms with Crippen molar-refractivity contribution in [2.24, 2.45) is 0 Å². The number of nitrogens with one attached hydrogen (secondary N) is 1. The third kappa shape index (κ3) is 4.18. The van der Waals surface area contributed by atoms with Gasteiger partial charge in [0.1, 0.15) is 0 Å². The van der Waals surface area contributed by atoms with Crippen molar-refractivity contribution in [2.75, 3.05) is 6.54 Å². The number of rotatable bonds is 7. The molecule has 0 fully saturated rings. The average molecular weight is 260 g/mol. The van der Waals surface area contributed by atoms with Crippen molar-refractivity contribution in [3.05, 3.63) is 48.3 Å². The Morgan fingerprint density at radius 2 is 2.32 bits per heavy atom. The van der Waals surface area contributed by atoms with Gasteiger partial charge in [-0.05, 0) is 25.1 Å². The fraction of sp³-hybridized carbons (Fsp3) is 0.308. The monoisotopic (exact) mass is 260 g/mol. The number of nitrogens with zero attached hydrogens (tertiary/aromatic N) is 3. The smallest absolute Gasteiger partial charge is 0.335 e. The second kappa shape index (κ2) is 6.65. The van der Waals surface area contributed by atoms with Gasteiger partial charge in [-0.1, -0.05) is 0 Å². The first kappa shape index (κ1) is 13.2. The van der Waals surface area contributed by atoms with Crippen LogP contribution in [0.4, 0.5) is 0 Å². The molecule has 2 rings (SSSR count). The summed E-state index contributed by atoms with van der Waals surface area (Å²) in [5, 5.41) is 12.1. The van der Waals surface area contributed by atoms with E-state index in [1.807, 2.05) is 10.8 Å². The molecule has 0 unspecified atom stereocenters. The molecule has 0 aliphatic heterocycles. The minimum absolute atomic E-state index is 0.269. The van der Waals surface area contributed by atoms with E-state index in [-0.39, 0.29) is 5.56 Å². The number of aromatic carboxylic acids is 1. The van der Waals surface area contributed by atoms with Crippen LogP contribution >= 0.6 is 0 Å². The molecule has 0 bridgehead atoms. The standard InChI is InChI=1S/C13H16N4O2/c18-13(19)11-2-4-16-12(8-11)9-14-3-1-6-17-7-5-15-10-17/h2,4-5,7-8,10,14H,1,3,6,9H2,(H,18,19). The Hall–Kier alpha value is -2.21. The van der Waals surface area contributed by atoms with E-state index >= 15 is 0 Å². The summed E-state index contributed by atoms with van der Waals surface area (Å²) in [5.41, 5.74) is 1.01. The van der Waals surface area contributed by atoms with Gasteiger partial charge in [0, 0.05) is 31.7 Å². The molecule has 19 heavy (non-hydrogen) atoms. The van der Waals surface area contributed by atoms with Crippen molar-refractivity contribution in [1.82, 2.24) is 19.9 Å². The number of aromatic nitrogens is 3. The van der Waals surface area contributed by atoms with Crippen molar-refractivity contribution in [1.29, 1.82) is 0 Å². The zero-order valence-electron chi connectivity index (χ0n) is 10.5. The highest BCUT2D eigenvalue weighted by Crippen LogP contribution is 2.01. The first-order chi connectivity index (χ1) is 9.25. The summed E-state index contributed by atoms with van der Waals surface area (Å²) in [6.45, 7) is 2.33. The van der Waals surface area contributed by atoms with E-state index < -0.39 is 5.97 Å². The molecule has 0 aliphatic rings. The van der Waals surface area contributed by atoms with Crippen molar-refractivity contribution >= 4 is 5.97 Å². The van der Waals surface area contributed by atoms with E-state index in [1.54, 1.807) is 18.6 Å². The van der Waals surface area contributed by atoms with Crippen LogP contribution < -0.4 is 5.32 Å². The fourth-order valence-corrected chi connectivity index (χ4v) is 1.73. The van der Waals surface area contributed by atoms with Crippen LogP contribution in [0.15, 0.2) is 37.1 Å². The van der Waals surface area contributed by atoms with Crippen LogP contribution in [-0.2, 0) is 13.1 Å². The molecule has 100 valence electrons. The number of imidazole rings is 1. The third-order valence-corrected chi connectivity index (χ3v) is 2.70. The molecule has 2 aromatic heterocycles. The molecule has 2 heterocycles. The van der Waals surface area contributed by atoms with Crippen LogP contribution in [-0.4, -0.2) is 32.2 Å². The Balaban J connectivity index is 1.70. The lowest BCUT2D eigenvalue weighted by atomic mass is 10.2. The van der Waals surface area contributed by atoms with Crippen LogP contribution in [0.1, 0.15) is 22.5 Å². The Morgan fingerprint density at radius 1 is 1.42 bits per heavy atom. The van der Waals surface area contributed by atoms with Gasteiger partial charge in [-0.2, -0.15) is 0 Å². The van der Waals surface area contributed by atoms with E-state index in [1.165, 1.54) is 12.3 Å². The van der Waals surface area contributed by atoms with E-state index in [2.05, 4.69) is 15.3 Å². The van der Waals surface area contributed by atoms with Gasteiger partial charge in [-0.25, -0.2) is 9.78 Å². The molecule has 0 radical (unpaired) electrons. The zero-order valence-corrected chi connectivity index (χ0v) is 10.5. The molecule has 0 saturated heterocycles. The van der Waals surface area contributed by atoms with Gasteiger partial charge >= 0.3 is 5.97 Å². The molecule has 0 aliphatic carbocycles. The van der Waals surface area contributed by atoms with E-state index in [0.717, 1.165) is 25.2 Å².